The van der Waals surface area contributed by atoms with E-state index in [9.17, 15) is 4.79 Å². The standard InChI is InChI=1S/C19H22N2O2/c1-23-18-12-5-3-8-15(18)13-20-19(22)21-17-11-6-9-14-7-2-4-10-16(14)17/h2-5,7-8,10,12,17H,6,9,11,13H2,1H3,(H2,20,21,22). The monoisotopic (exact) mass is 310 g/mol. The smallest absolute Gasteiger partial charge is 0.315 e. The second-order valence-electron chi connectivity index (χ2n) is 5.78. The summed E-state index contributed by atoms with van der Waals surface area (Å²) in [6.07, 6.45) is 3.19. The molecule has 0 aliphatic heterocycles. The molecule has 4 heteroatoms. The average molecular weight is 310 g/mol. The second-order valence-corrected chi connectivity index (χ2v) is 5.78. The average Bonchev–Trinajstić information content (AvgIpc) is 2.60. The van der Waals surface area contributed by atoms with Gasteiger partial charge in [0.2, 0.25) is 0 Å². The molecule has 2 aromatic carbocycles. The Hall–Kier alpha value is -2.49. The van der Waals surface area contributed by atoms with Crippen LogP contribution in [0.15, 0.2) is 48.5 Å². The first-order valence-electron chi connectivity index (χ1n) is 8.02. The van der Waals surface area contributed by atoms with Gasteiger partial charge in [0.1, 0.15) is 5.75 Å². The number of hydrogen-bond donors (Lipinski definition) is 2. The quantitative estimate of drug-likeness (QED) is 0.907. The van der Waals surface area contributed by atoms with Gasteiger partial charge in [-0.05, 0) is 36.5 Å². The van der Waals surface area contributed by atoms with E-state index in [0.717, 1.165) is 30.6 Å². The van der Waals surface area contributed by atoms with Crippen LogP contribution in [0.5, 0.6) is 5.75 Å². The van der Waals surface area contributed by atoms with Crippen LogP contribution < -0.4 is 15.4 Å². The fraction of sp³-hybridized carbons (Fsp3) is 0.316. The Labute approximate surface area is 136 Å². The maximum absolute atomic E-state index is 12.2. The molecule has 1 aliphatic rings. The van der Waals surface area contributed by atoms with E-state index in [1.54, 1.807) is 7.11 Å². The van der Waals surface area contributed by atoms with E-state index in [4.69, 9.17) is 4.74 Å². The molecule has 0 aromatic heterocycles. The highest BCUT2D eigenvalue weighted by Gasteiger charge is 2.21. The van der Waals surface area contributed by atoms with E-state index in [1.807, 2.05) is 30.3 Å². The van der Waals surface area contributed by atoms with E-state index < -0.39 is 0 Å². The lowest BCUT2D eigenvalue weighted by atomic mass is 9.88. The van der Waals surface area contributed by atoms with E-state index in [-0.39, 0.29) is 12.1 Å². The number of aryl methyl sites for hydroxylation is 1. The van der Waals surface area contributed by atoms with Gasteiger partial charge in [0.05, 0.1) is 13.2 Å². The number of amides is 2. The number of para-hydroxylation sites is 1. The fourth-order valence-electron chi connectivity index (χ4n) is 3.14. The van der Waals surface area contributed by atoms with Crippen LogP contribution >= 0.6 is 0 Å². The Morgan fingerprint density at radius 3 is 2.83 bits per heavy atom. The van der Waals surface area contributed by atoms with E-state index >= 15 is 0 Å². The number of rotatable bonds is 4. The lowest BCUT2D eigenvalue weighted by Gasteiger charge is -2.26. The van der Waals surface area contributed by atoms with Crippen molar-refractivity contribution in [1.29, 1.82) is 0 Å². The Morgan fingerprint density at radius 2 is 1.96 bits per heavy atom. The summed E-state index contributed by atoms with van der Waals surface area (Å²) in [5.41, 5.74) is 3.55. The molecule has 23 heavy (non-hydrogen) atoms. The first-order valence-corrected chi connectivity index (χ1v) is 8.02. The summed E-state index contributed by atoms with van der Waals surface area (Å²) in [7, 11) is 1.64. The summed E-state index contributed by atoms with van der Waals surface area (Å²) in [5, 5.41) is 6.01. The molecule has 0 bridgehead atoms. The zero-order valence-corrected chi connectivity index (χ0v) is 13.3. The zero-order chi connectivity index (χ0) is 16.1. The van der Waals surface area contributed by atoms with Crippen molar-refractivity contribution in [3.63, 3.8) is 0 Å². The molecule has 4 nitrogen and oxygen atoms in total. The third-order valence-corrected chi connectivity index (χ3v) is 4.31. The lowest BCUT2D eigenvalue weighted by molar-refractivity contribution is 0.235. The molecule has 2 N–H and O–H groups in total. The summed E-state index contributed by atoms with van der Waals surface area (Å²) < 4.78 is 5.30. The SMILES string of the molecule is COc1ccccc1CNC(=O)NC1CCCc2ccccc21. The molecule has 1 unspecified atom stereocenters. The van der Waals surface area contributed by atoms with Crippen molar-refractivity contribution in [2.45, 2.75) is 31.8 Å². The maximum Gasteiger partial charge on any atom is 0.315 e. The topological polar surface area (TPSA) is 50.4 Å². The van der Waals surface area contributed by atoms with Crippen molar-refractivity contribution in [2.24, 2.45) is 0 Å². The van der Waals surface area contributed by atoms with Gasteiger partial charge >= 0.3 is 6.03 Å². The molecule has 2 amide bonds. The first kappa shape index (κ1) is 15.4. The number of ether oxygens (including phenoxy) is 1. The molecular weight excluding hydrogens is 288 g/mol. The van der Waals surface area contributed by atoms with Crippen LogP contribution in [0.25, 0.3) is 0 Å². The first-order chi connectivity index (χ1) is 11.3. The highest BCUT2D eigenvalue weighted by Crippen LogP contribution is 2.29. The van der Waals surface area contributed by atoms with Crippen LogP contribution in [0.4, 0.5) is 4.79 Å². The summed E-state index contributed by atoms with van der Waals surface area (Å²) in [6.45, 7) is 0.449. The van der Waals surface area contributed by atoms with Gasteiger partial charge in [-0.1, -0.05) is 42.5 Å². The molecule has 0 radical (unpaired) electrons. The molecule has 1 atom stereocenters. The van der Waals surface area contributed by atoms with Crippen LogP contribution in [0.3, 0.4) is 0 Å². The largest absolute Gasteiger partial charge is 0.496 e. The van der Waals surface area contributed by atoms with Gasteiger partial charge in [0.15, 0.2) is 0 Å². The molecule has 0 spiro atoms. The normalized spacial score (nSPS) is 16.3. The van der Waals surface area contributed by atoms with Crippen LogP contribution in [0, 0.1) is 0 Å². The minimum atomic E-state index is -0.141. The number of methoxy groups -OCH3 is 1. The number of benzene rings is 2. The van der Waals surface area contributed by atoms with E-state index in [1.165, 1.54) is 11.1 Å². The minimum absolute atomic E-state index is 0.0950. The second kappa shape index (κ2) is 7.18. The molecule has 0 saturated heterocycles. The fourth-order valence-corrected chi connectivity index (χ4v) is 3.14. The summed E-state index contributed by atoms with van der Waals surface area (Å²) in [4.78, 5) is 12.2. The van der Waals surface area contributed by atoms with Crippen LogP contribution in [-0.2, 0) is 13.0 Å². The summed E-state index contributed by atoms with van der Waals surface area (Å²) in [6, 6.07) is 16.0. The molecular formula is C19H22N2O2. The zero-order valence-electron chi connectivity index (χ0n) is 13.3. The van der Waals surface area contributed by atoms with E-state index in [2.05, 4.69) is 28.8 Å². The molecule has 2 aromatic rings. The van der Waals surface area contributed by atoms with E-state index in [0.29, 0.717) is 6.54 Å². The highest BCUT2D eigenvalue weighted by atomic mass is 16.5. The van der Waals surface area contributed by atoms with Gasteiger partial charge in [-0.2, -0.15) is 0 Å². The number of fused-ring (bicyclic) bond motifs is 1. The number of nitrogens with one attached hydrogen (secondary N) is 2. The number of carbonyl (C=O) groups excluding carboxylic acids is 1. The third-order valence-electron chi connectivity index (χ3n) is 4.31. The van der Waals surface area contributed by atoms with Gasteiger partial charge in [-0.15, -0.1) is 0 Å². The Bertz CT molecular complexity index is 685. The third kappa shape index (κ3) is 3.65. The summed E-state index contributed by atoms with van der Waals surface area (Å²) >= 11 is 0. The minimum Gasteiger partial charge on any atom is -0.496 e. The van der Waals surface area contributed by atoms with Gasteiger partial charge in [-0.3, -0.25) is 0 Å². The van der Waals surface area contributed by atoms with Crippen molar-refractivity contribution in [1.82, 2.24) is 10.6 Å². The molecule has 0 heterocycles. The lowest BCUT2D eigenvalue weighted by Crippen LogP contribution is -2.38. The number of urea groups is 1. The van der Waals surface area contributed by atoms with Gasteiger partial charge in [0.25, 0.3) is 0 Å². The molecule has 1 aliphatic carbocycles. The van der Waals surface area contributed by atoms with Crippen molar-refractivity contribution in [2.75, 3.05) is 7.11 Å². The van der Waals surface area contributed by atoms with Gasteiger partial charge in [-0.25, -0.2) is 4.79 Å². The molecule has 3 rings (SSSR count). The molecule has 0 saturated carbocycles. The van der Waals surface area contributed by atoms with Crippen LogP contribution in [-0.4, -0.2) is 13.1 Å². The molecule has 120 valence electrons. The number of hydrogen-bond acceptors (Lipinski definition) is 2. The van der Waals surface area contributed by atoms with Crippen molar-refractivity contribution < 1.29 is 9.53 Å². The summed E-state index contributed by atoms with van der Waals surface area (Å²) in [5.74, 6) is 0.788. The molecule has 0 fully saturated rings. The Morgan fingerprint density at radius 1 is 1.17 bits per heavy atom. The van der Waals surface area contributed by atoms with Gasteiger partial charge in [0, 0.05) is 12.1 Å². The highest BCUT2D eigenvalue weighted by molar-refractivity contribution is 5.74. The van der Waals surface area contributed by atoms with Crippen molar-refractivity contribution in [3.05, 3.63) is 65.2 Å². The Balaban J connectivity index is 1.60. The van der Waals surface area contributed by atoms with Crippen molar-refractivity contribution in [3.8, 4) is 5.75 Å². The van der Waals surface area contributed by atoms with Crippen LogP contribution in [0.1, 0.15) is 35.6 Å². The predicted octanol–water partition coefficient (Wildman–Crippen LogP) is 3.57. The Kier molecular flexibility index (Phi) is 4.81. The van der Waals surface area contributed by atoms with Gasteiger partial charge < -0.3 is 15.4 Å². The van der Waals surface area contributed by atoms with Crippen LogP contribution in [0.2, 0.25) is 0 Å². The van der Waals surface area contributed by atoms with Crippen molar-refractivity contribution >= 4 is 6.03 Å². The number of carbonyl (C=O) groups is 1. The maximum atomic E-state index is 12.2. The predicted molar refractivity (Wildman–Crippen MR) is 90.5 cm³/mol.